The molecule has 0 unspecified atom stereocenters. The van der Waals surface area contributed by atoms with Gasteiger partial charge in [-0.25, -0.2) is 70.3 Å². The monoisotopic (exact) mass is 1370 g/mol. The molecule has 2 aliphatic carbocycles. The number of aromatic nitrogens is 6. The number of nitrogens with zero attached hydrogens (tertiary/aromatic N) is 4. The van der Waals surface area contributed by atoms with Gasteiger partial charge < -0.3 is 24.1 Å². The molecule has 2 aliphatic rings. The van der Waals surface area contributed by atoms with Crippen LogP contribution in [0.2, 0.25) is 20.1 Å². The first-order chi connectivity index (χ1) is 40.5. The fourth-order valence-corrected chi connectivity index (χ4v) is 15.5. The standard InChI is InChI=1S/C29H26Cl2F2N4O9S2.C21H18Cl2F2N4O8S2/c1-44-18-5-3-16(4-6-18)14-45-22-8-7-19(13-23(22)48(42,43)36-29(9-10-29)15-47(2,40)41)46-25-20(30)11-17(12-21(25)31)37-28(39)34-27(38)24(35-37)26(32)33;1-38(33,34)9-21(4-5-21)28-39(35,36)15-8-11(2-3-14(15)30)37-17-12(22)6-10(7-13(17)23)29-20(32)26-19(31)16(27-29)18(24)25/h3-8,11-13,26,36H,9-10,14-15H2,1-2H3,(H,34,38,39);2-3,6-8,18,28,30H,4-5,9H2,1H3,(H,26,31,32). The van der Waals surface area contributed by atoms with E-state index >= 15 is 0 Å². The molecule has 0 spiro atoms. The summed E-state index contributed by atoms with van der Waals surface area (Å²) >= 11 is 25.2. The van der Waals surface area contributed by atoms with Gasteiger partial charge in [-0.05, 0) is 91.9 Å². The highest BCUT2D eigenvalue weighted by Crippen LogP contribution is 2.44. The third-order valence-corrected chi connectivity index (χ3v) is 19.0. The molecular formula is C50H44Cl4F4N8O17S4. The summed E-state index contributed by atoms with van der Waals surface area (Å²) in [6, 6.07) is 18.2. The summed E-state index contributed by atoms with van der Waals surface area (Å²) in [5.74, 6) is -1.60. The van der Waals surface area contributed by atoms with Gasteiger partial charge in [0.15, 0.2) is 22.9 Å². The normalized spacial score (nSPS) is 14.5. The van der Waals surface area contributed by atoms with Crippen molar-refractivity contribution >= 4 is 86.1 Å². The first-order valence-corrected chi connectivity index (χ1v) is 33.1. The summed E-state index contributed by atoms with van der Waals surface area (Å²) < 4.78 is 182. The van der Waals surface area contributed by atoms with Gasteiger partial charge in [-0.2, -0.15) is 19.6 Å². The molecule has 0 radical (unpaired) electrons. The number of hydrogen-bond donors (Lipinski definition) is 5. The highest BCUT2D eigenvalue weighted by molar-refractivity contribution is 7.91. The summed E-state index contributed by atoms with van der Waals surface area (Å²) in [6.07, 6.45) is -3.36. The third kappa shape index (κ3) is 16.2. The molecule has 2 fully saturated rings. The maximum atomic E-state index is 13.7. The maximum Gasteiger partial charge on any atom is 0.349 e. The first-order valence-electron chi connectivity index (χ1n) is 24.5. The van der Waals surface area contributed by atoms with Gasteiger partial charge in [-0.3, -0.25) is 19.6 Å². The average molecular weight is 1380 g/mol. The van der Waals surface area contributed by atoms with E-state index in [2.05, 4.69) is 19.6 Å². The summed E-state index contributed by atoms with van der Waals surface area (Å²) in [5, 5.41) is 16.0. The number of sulfone groups is 2. The van der Waals surface area contributed by atoms with Crippen LogP contribution in [0.25, 0.3) is 11.4 Å². The minimum atomic E-state index is -4.41. The number of rotatable bonds is 22. The Labute approximate surface area is 509 Å². The number of benzene rings is 5. The molecule has 7 aromatic rings. The Morgan fingerprint density at radius 2 is 0.966 bits per heavy atom. The molecule has 25 nitrogen and oxygen atoms in total. The van der Waals surface area contributed by atoms with E-state index in [1.165, 1.54) is 25.3 Å². The fourth-order valence-electron chi connectivity index (χ4n) is 8.30. The zero-order chi connectivity index (χ0) is 63.9. The average Bonchev–Trinajstić information content (AvgIpc) is 1.76. The number of nitrogens with one attached hydrogen (secondary N) is 4. The van der Waals surface area contributed by atoms with Crippen molar-refractivity contribution < 1.29 is 75.3 Å². The molecule has 0 saturated heterocycles. The smallest absolute Gasteiger partial charge is 0.349 e. The van der Waals surface area contributed by atoms with Crippen LogP contribution in [-0.4, -0.2) is 111 Å². The van der Waals surface area contributed by atoms with E-state index < -0.39 is 120 Å². The lowest BCUT2D eigenvalue weighted by Crippen LogP contribution is -2.41. The minimum absolute atomic E-state index is 0.0360. The zero-order valence-corrected chi connectivity index (χ0v) is 50.9. The maximum absolute atomic E-state index is 13.7. The number of halogens is 8. The summed E-state index contributed by atoms with van der Waals surface area (Å²) in [7, 11) is -14.3. The van der Waals surface area contributed by atoms with E-state index in [-0.39, 0.29) is 71.7 Å². The SMILES string of the molecule is COc1ccc(COc2ccc(Oc3c(Cl)cc(-n4nc(C(F)F)c(=O)[nH]c4=O)cc3Cl)cc2S(=O)(=O)NC2(CS(C)(=O)=O)CC2)cc1.CS(=O)(=O)CC1(NS(=O)(=O)c2cc(Oc3c(Cl)cc(-n4nc(C(F)F)c(=O)[nH]c4=O)cc3Cl)ccc2O)CC1. The van der Waals surface area contributed by atoms with E-state index in [0.29, 0.717) is 46.4 Å². The van der Waals surface area contributed by atoms with Gasteiger partial charge in [0.1, 0.15) is 64.8 Å². The Morgan fingerprint density at radius 3 is 1.34 bits per heavy atom. The van der Waals surface area contributed by atoms with E-state index in [4.69, 9.17) is 65.4 Å². The van der Waals surface area contributed by atoms with Gasteiger partial charge in [0.25, 0.3) is 24.0 Å². The molecule has 5 N–H and O–H groups in total. The Balaban J connectivity index is 0.000000231. The molecule has 2 aromatic heterocycles. The predicted octanol–water partition coefficient (Wildman–Crippen LogP) is 6.92. The molecule has 466 valence electrons. The van der Waals surface area contributed by atoms with Crippen molar-refractivity contribution in [3.8, 4) is 51.6 Å². The summed E-state index contributed by atoms with van der Waals surface area (Å²) in [6.45, 7) is -0.0360. The van der Waals surface area contributed by atoms with Crippen LogP contribution in [0.4, 0.5) is 17.6 Å². The van der Waals surface area contributed by atoms with Crippen LogP contribution in [0, 0.1) is 0 Å². The Kier molecular flexibility index (Phi) is 19.1. The molecule has 2 heterocycles. The molecule has 9 rings (SSSR count). The topological polar surface area (TPSA) is 353 Å². The largest absolute Gasteiger partial charge is 0.507 e. The number of H-pyrrole nitrogens is 2. The molecular weight excluding hydrogens is 1330 g/mol. The molecule has 0 atom stereocenters. The molecule has 2 saturated carbocycles. The van der Waals surface area contributed by atoms with Crippen LogP contribution in [0.15, 0.2) is 114 Å². The molecule has 0 aliphatic heterocycles. The number of hydrogen-bond acceptors (Lipinski definition) is 19. The van der Waals surface area contributed by atoms with Crippen LogP contribution in [0.1, 0.15) is 55.5 Å². The molecule has 0 amide bonds. The lowest BCUT2D eigenvalue weighted by molar-refractivity contribution is 0.141. The number of phenols is 1. The van der Waals surface area contributed by atoms with Gasteiger partial charge >= 0.3 is 11.4 Å². The number of methoxy groups -OCH3 is 1. The highest BCUT2D eigenvalue weighted by Gasteiger charge is 2.50. The second kappa shape index (κ2) is 25.2. The zero-order valence-electron chi connectivity index (χ0n) is 44.6. The van der Waals surface area contributed by atoms with Gasteiger partial charge in [0.05, 0.1) is 50.1 Å². The first kappa shape index (κ1) is 65.9. The number of alkyl halides is 4. The van der Waals surface area contributed by atoms with E-state index in [1.807, 2.05) is 0 Å². The van der Waals surface area contributed by atoms with Gasteiger partial charge in [-0.15, -0.1) is 0 Å². The number of sulfonamides is 2. The van der Waals surface area contributed by atoms with Gasteiger partial charge in [0, 0.05) is 35.7 Å². The fraction of sp³-hybridized carbons (Fsp3) is 0.280. The van der Waals surface area contributed by atoms with Crippen molar-refractivity contribution in [1.29, 1.82) is 0 Å². The number of aromatic hydroxyl groups is 1. The van der Waals surface area contributed by atoms with Gasteiger partial charge in [-0.1, -0.05) is 58.5 Å². The van der Waals surface area contributed by atoms with Crippen LogP contribution >= 0.6 is 46.4 Å². The molecule has 0 bridgehead atoms. The number of aromatic amines is 2. The lowest BCUT2D eigenvalue weighted by Gasteiger charge is -2.19. The van der Waals surface area contributed by atoms with E-state index in [0.717, 1.165) is 55.0 Å². The second-order valence-corrected chi connectivity index (χ2v) is 28.9. The Hall–Kier alpha value is -7.08. The van der Waals surface area contributed by atoms with Crippen molar-refractivity contribution in [3.63, 3.8) is 0 Å². The second-order valence-electron chi connectivity index (χ2n) is 19.7. The minimum Gasteiger partial charge on any atom is -0.507 e. The van der Waals surface area contributed by atoms with Crippen LogP contribution in [0.5, 0.6) is 40.2 Å². The van der Waals surface area contributed by atoms with E-state index in [1.54, 1.807) is 34.2 Å². The van der Waals surface area contributed by atoms with Crippen LogP contribution in [0.3, 0.4) is 0 Å². The Morgan fingerprint density at radius 1 is 0.586 bits per heavy atom. The summed E-state index contributed by atoms with van der Waals surface area (Å²) in [4.78, 5) is 50.1. The molecule has 37 heteroatoms. The van der Waals surface area contributed by atoms with Gasteiger partial charge in [0.2, 0.25) is 20.0 Å². The highest BCUT2D eigenvalue weighted by atomic mass is 35.5. The number of phenolic OH excluding ortho intramolecular Hbond substituents is 1. The molecule has 87 heavy (non-hydrogen) atoms. The predicted molar refractivity (Wildman–Crippen MR) is 307 cm³/mol. The Bertz CT molecular complexity index is 4550. The van der Waals surface area contributed by atoms with Crippen LogP contribution in [-0.2, 0) is 46.3 Å². The quantitative estimate of drug-likeness (QED) is 0.0430. The van der Waals surface area contributed by atoms with Crippen LogP contribution < -0.4 is 50.9 Å². The third-order valence-electron chi connectivity index (χ3n) is 12.5. The number of ether oxygens (including phenoxy) is 4. The van der Waals surface area contributed by atoms with Crippen molar-refractivity contribution in [2.75, 3.05) is 31.1 Å². The van der Waals surface area contributed by atoms with Crippen molar-refractivity contribution in [1.82, 2.24) is 39.0 Å². The summed E-state index contributed by atoms with van der Waals surface area (Å²) in [5.41, 5.74) is -9.47. The van der Waals surface area contributed by atoms with Crippen molar-refractivity contribution in [3.05, 3.63) is 164 Å². The van der Waals surface area contributed by atoms with Crippen molar-refractivity contribution in [2.45, 2.75) is 66.0 Å². The van der Waals surface area contributed by atoms with Crippen molar-refractivity contribution in [2.24, 2.45) is 0 Å². The van der Waals surface area contributed by atoms with E-state index in [9.17, 15) is 75.5 Å². The lowest BCUT2D eigenvalue weighted by atomic mass is 10.2. The molecule has 5 aromatic carbocycles.